The van der Waals surface area contributed by atoms with E-state index in [1.165, 1.54) is 23.6 Å². The van der Waals surface area contributed by atoms with Gasteiger partial charge in [-0.2, -0.15) is 13.2 Å². The summed E-state index contributed by atoms with van der Waals surface area (Å²) in [5.74, 6) is 0. The number of thiophene rings is 1. The Bertz CT molecular complexity index is 1030. The van der Waals surface area contributed by atoms with Crippen molar-refractivity contribution in [2.75, 3.05) is 20.6 Å². The van der Waals surface area contributed by atoms with E-state index in [-0.39, 0.29) is 9.79 Å². The number of halogens is 3. The molecule has 0 N–H and O–H groups in total. The highest BCUT2D eigenvalue weighted by atomic mass is 32.2. The number of fused-ring (bicyclic) bond motifs is 1. The molecule has 0 aliphatic rings. The molecule has 1 aromatic carbocycles. The van der Waals surface area contributed by atoms with E-state index in [4.69, 9.17) is 0 Å². The molecule has 0 saturated carbocycles. The zero-order valence-corrected chi connectivity index (χ0v) is 15.7. The van der Waals surface area contributed by atoms with Gasteiger partial charge < -0.3 is 9.47 Å². The predicted molar refractivity (Wildman–Crippen MR) is 95.3 cm³/mol. The van der Waals surface area contributed by atoms with E-state index in [9.17, 15) is 21.6 Å². The summed E-state index contributed by atoms with van der Waals surface area (Å²) in [7, 11) is -0.240. The van der Waals surface area contributed by atoms with Gasteiger partial charge in [-0.15, -0.1) is 11.3 Å². The van der Waals surface area contributed by atoms with E-state index in [1.54, 1.807) is 11.4 Å². The summed E-state index contributed by atoms with van der Waals surface area (Å²) < 4.78 is 66.6. The van der Waals surface area contributed by atoms with Crippen molar-refractivity contribution in [2.45, 2.75) is 22.5 Å². The first kappa shape index (κ1) is 18.9. The van der Waals surface area contributed by atoms with Crippen LogP contribution in [-0.4, -0.2) is 38.5 Å². The fourth-order valence-electron chi connectivity index (χ4n) is 2.64. The van der Waals surface area contributed by atoms with E-state index in [0.717, 1.165) is 17.0 Å². The Hall–Kier alpha value is -1.84. The molecule has 9 heteroatoms. The quantitative estimate of drug-likeness (QED) is 0.645. The highest BCUT2D eigenvalue weighted by Gasteiger charge is 2.32. The van der Waals surface area contributed by atoms with E-state index in [1.807, 2.05) is 23.6 Å². The summed E-state index contributed by atoms with van der Waals surface area (Å²) in [6, 6.07) is 5.54. The Morgan fingerprint density at radius 2 is 1.92 bits per heavy atom. The van der Waals surface area contributed by atoms with Crippen LogP contribution in [-0.2, 0) is 22.6 Å². The molecule has 140 valence electrons. The maximum atomic E-state index is 13.0. The normalized spacial score (nSPS) is 13.0. The van der Waals surface area contributed by atoms with Crippen LogP contribution in [0.3, 0.4) is 0 Å². The molecule has 0 fully saturated rings. The zero-order chi connectivity index (χ0) is 19.1. The maximum Gasteiger partial charge on any atom is 0.416 e. The third-order valence-electron chi connectivity index (χ3n) is 3.99. The van der Waals surface area contributed by atoms with Crippen molar-refractivity contribution in [2.24, 2.45) is 0 Å². The number of nitrogens with zero attached hydrogens (tertiary/aromatic N) is 2. The number of alkyl halides is 3. The summed E-state index contributed by atoms with van der Waals surface area (Å²) in [6.07, 6.45) is -3.08. The minimum absolute atomic E-state index is 0.0341. The van der Waals surface area contributed by atoms with Gasteiger partial charge in [0.25, 0.3) is 0 Å². The molecular formula is C17H17F3N2O2S2. The first-order valence-corrected chi connectivity index (χ1v) is 10.1. The number of aromatic nitrogens is 1. The lowest BCUT2D eigenvalue weighted by Gasteiger charge is -2.10. The third-order valence-corrected chi connectivity index (χ3v) is 6.72. The molecule has 2 heterocycles. The number of benzene rings is 1. The summed E-state index contributed by atoms with van der Waals surface area (Å²) in [5.41, 5.74) is -0.979. The first-order valence-electron chi connectivity index (χ1n) is 7.74. The average molecular weight is 402 g/mol. The molecule has 0 radical (unpaired) electrons. The molecule has 0 spiro atoms. The van der Waals surface area contributed by atoms with Gasteiger partial charge in [-0.1, -0.05) is 6.07 Å². The van der Waals surface area contributed by atoms with Crippen LogP contribution >= 0.6 is 11.3 Å². The lowest BCUT2D eigenvalue weighted by Crippen LogP contribution is -2.17. The number of hydrogen-bond acceptors (Lipinski definition) is 4. The molecule has 0 atom stereocenters. The van der Waals surface area contributed by atoms with Gasteiger partial charge in [-0.3, -0.25) is 0 Å². The molecule has 0 bridgehead atoms. The van der Waals surface area contributed by atoms with E-state index >= 15 is 0 Å². The lowest BCUT2D eigenvalue weighted by molar-refractivity contribution is -0.137. The molecule has 26 heavy (non-hydrogen) atoms. The molecule has 4 nitrogen and oxygen atoms in total. The molecule has 0 unspecified atom stereocenters. The molecule has 3 aromatic rings. The smallest absolute Gasteiger partial charge is 0.337 e. The van der Waals surface area contributed by atoms with Crippen molar-refractivity contribution < 1.29 is 21.6 Å². The standard InChI is InChI=1S/C17H17F3N2O2S2/c1-21(2)7-8-22-11-15(14-6-9-25-16(14)22)26(23,24)13-5-3-4-12(10-13)17(18,19)20/h3-6,9-11H,7-8H2,1-2H3. The van der Waals surface area contributed by atoms with Crippen molar-refractivity contribution in [1.82, 2.24) is 9.47 Å². The van der Waals surface area contributed by atoms with Gasteiger partial charge in [-0.25, -0.2) is 8.42 Å². The first-order chi connectivity index (χ1) is 12.1. The van der Waals surface area contributed by atoms with Crippen LogP contribution in [0.2, 0.25) is 0 Å². The van der Waals surface area contributed by atoms with Gasteiger partial charge in [-0.05, 0) is 43.7 Å². The van der Waals surface area contributed by atoms with Crippen molar-refractivity contribution in [3.63, 3.8) is 0 Å². The van der Waals surface area contributed by atoms with E-state index in [0.29, 0.717) is 24.5 Å². The van der Waals surface area contributed by atoms with Crippen molar-refractivity contribution in [3.8, 4) is 0 Å². The minimum Gasteiger partial charge on any atom is -0.337 e. The van der Waals surface area contributed by atoms with Crippen LogP contribution in [0, 0.1) is 0 Å². The van der Waals surface area contributed by atoms with Crippen LogP contribution < -0.4 is 0 Å². The van der Waals surface area contributed by atoms with Gasteiger partial charge in [0.1, 0.15) is 4.83 Å². The Balaban J connectivity index is 2.09. The molecular weight excluding hydrogens is 385 g/mol. The van der Waals surface area contributed by atoms with Gasteiger partial charge in [0.05, 0.1) is 15.4 Å². The van der Waals surface area contributed by atoms with Gasteiger partial charge in [0.2, 0.25) is 9.84 Å². The van der Waals surface area contributed by atoms with Gasteiger partial charge >= 0.3 is 6.18 Å². The topological polar surface area (TPSA) is 42.3 Å². The lowest BCUT2D eigenvalue weighted by atomic mass is 10.2. The highest BCUT2D eigenvalue weighted by Crippen LogP contribution is 2.35. The number of sulfone groups is 1. The summed E-state index contributed by atoms with van der Waals surface area (Å²) >= 11 is 1.41. The molecule has 3 rings (SSSR count). The molecule has 2 aromatic heterocycles. The Morgan fingerprint density at radius 3 is 2.58 bits per heavy atom. The largest absolute Gasteiger partial charge is 0.416 e. The molecule has 0 amide bonds. The zero-order valence-electron chi connectivity index (χ0n) is 14.1. The Kier molecular flexibility index (Phi) is 4.89. The van der Waals surface area contributed by atoms with Crippen LogP contribution in [0.15, 0.2) is 51.7 Å². The van der Waals surface area contributed by atoms with Gasteiger partial charge in [0, 0.05) is 24.7 Å². The second-order valence-electron chi connectivity index (χ2n) is 6.16. The Morgan fingerprint density at radius 1 is 1.19 bits per heavy atom. The average Bonchev–Trinajstić information content (AvgIpc) is 3.14. The van der Waals surface area contributed by atoms with Crippen LogP contribution in [0.1, 0.15) is 5.56 Å². The SMILES string of the molecule is CN(C)CCn1cc(S(=O)(=O)c2cccc(C(F)(F)F)c2)c2ccsc21. The maximum absolute atomic E-state index is 13.0. The number of hydrogen-bond donors (Lipinski definition) is 0. The minimum atomic E-state index is -4.60. The molecule has 0 aliphatic carbocycles. The fraction of sp³-hybridized carbons (Fsp3) is 0.294. The predicted octanol–water partition coefficient (Wildman–Crippen LogP) is 4.12. The monoisotopic (exact) mass is 402 g/mol. The third kappa shape index (κ3) is 3.51. The molecule has 0 saturated heterocycles. The summed E-state index contributed by atoms with van der Waals surface area (Å²) in [4.78, 5) is 2.44. The number of rotatable bonds is 5. The Labute approximate surface area is 153 Å². The van der Waals surface area contributed by atoms with Crippen LogP contribution in [0.25, 0.3) is 10.2 Å². The summed E-state index contributed by atoms with van der Waals surface area (Å²) in [5, 5.41) is 2.31. The van der Waals surface area contributed by atoms with Crippen LogP contribution in [0.5, 0.6) is 0 Å². The van der Waals surface area contributed by atoms with E-state index in [2.05, 4.69) is 0 Å². The van der Waals surface area contributed by atoms with Crippen molar-refractivity contribution in [3.05, 3.63) is 47.5 Å². The highest BCUT2D eigenvalue weighted by molar-refractivity contribution is 7.91. The van der Waals surface area contributed by atoms with Crippen LogP contribution in [0.4, 0.5) is 13.2 Å². The van der Waals surface area contributed by atoms with Crippen molar-refractivity contribution >= 4 is 31.4 Å². The fourth-order valence-corrected chi connectivity index (χ4v) is 5.13. The summed E-state index contributed by atoms with van der Waals surface area (Å²) in [6.45, 7) is 1.30. The van der Waals surface area contributed by atoms with E-state index < -0.39 is 21.6 Å². The second-order valence-corrected chi connectivity index (χ2v) is 8.97. The molecule has 0 aliphatic heterocycles. The number of likely N-dealkylation sites (N-methyl/N-ethyl adjacent to an activating group) is 1. The van der Waals surface area contributed by atoms with Crippen molar-refractivity contribution in [1.29, 1.82) is 0 Å². The van der Waals surface area contributed by atoms with Gasteiger partial charge in [0.15, 0.2) is 0 Å². The second kappa shape index (κ2) is 6.71.